The summed E-state index contributed by atoms with van der Waals surface area (Å²) in [7, 11) is 0. The van der Waals surface area contributed by atoms with Crippen molar-refractivity contribution in [3.63, 3.8) is 0 Å². The van der Waals surface area contributed by atoms with Gasteiger partial charge in [-0.05, 0) is 54.9 Å². The lowest BCUT2D eigenvalue weighted by Crippen LogP contribution is -2.33. The van der Waals surface area contributed by atoms with Gasteiger partial charge in [0.2, 0.25) is 0 Å². The summed E-state index contributed by atoms with van der Waals surface area (Å²) < 4.78 is 0. The molecule has 0 amide bonds. The molecule has 2 N–H and O–H groups in total. The molecule has 3 aromatic carbocycles. The van der Waals surface area contributed by atoms with Gasteiger partial charge in [-0.25, -0.2) is 0 Å². The Balaban J connectivity index is 1.88. The van der Waals surface area contributed by atoms with E-state index in [0.717, 1.165) is 5.69 Å². The normalized spacial score (nSPS) is 11.6. The first kappa shape index (κ1) is 17.2. The minimum absolute atomic E-state index is 0.00510. The van der Waals surface area contributed by atoms with E-state index >= 15 is 0 Å². The average molecular weight is 346 g/mol. The Morgan fingerprint density at radius 2 is 1.48 bits per heavy atom. The van der Waals surface area contributed by atoms with Crippen molar-refractivity contribution >= 4 is 23.0 Å². The van der Waals surface area contributed by atoms with Crippen molar-refractivity contribution in [2.45, 2.75) is 19.9 Å². The number of aryl methyl sites for hydroxylation is 2. The van der Waals surface area contributed by atoms with E-state index in [1.54, 1.807) is 0 Å². The molecule has 126 valence electrons. The summed E-state index contributed by atoms with van der Waals surface area (Å²) in [6.07, 6.45) is 0. The fourth-order valence-corrected chi connectivity index (χ4v) is 3.19. The first-order chi connectivity index (χ1) is 12.1. The first-order valence-corrected chi connectivity index (χ1v) is 8.79. The second kappa shape index (κ2) is 7.95. The van der Waals surface area contributed by atoms with Crippen LogP contribution in [0.25, 0.3) is 0 Å². The first-order valence-electron chi connectivity index (χ1n) is 8.38. The number of hydrogen-bond donors (Lipinski definition) is 2. The molecule has 0 saturated heterocycles. The third kappa shape index (κ3) is 4.46. The van der Waals surface area contributed by atoms with Gasteiger partial charge in [-0.1, -0.05) is 72.3 Å². The summed E-state index contributed by atoms with van der Waals surface area (Å²) in [5, 5.41) is 7.35. The lowest BCUT2D eigenvalue weighted by Gasteiger charge is -2.24. The molecule has 1 unspecified atom stereocenters. The Bertz CT molecular complexity index is 844. The van der Waals surface area contributed by atoms with Crippen molar-refractivity contribution in [2.75, 3.05) is 5.32 Å². The molecule has 0 aliphatic heterocycles. The molecule has 0 aromatic heterocycles. The SMILES string of the molecule is Cc1ccc(C(NC(=S)Nc2ccccc2)c2ccccc2)c(C)c1. The minimum atomic E-state index is 0.00510. The topological polar surface area (TPSA) is 24.1 Å². The molecule has 3 rings (SSSR count). The molecule has 0 fully saturated rings. The molecule has 1 atom stereocenters. The van der Waals surface area contributed by atoms with Gasteiger partial charge in [-0.15, -0.1) is 0 Å². The highest BCUT2D eigenvalue weighted by atomic mass is 32.1. The third-order valence-corrected chi connectivity index (χ3v) is 4.40. The molecule has 0 heterocycles. The van der Waals surface area contributed by atoms with Crippen LogP contribution in [-0.2, 0) is 0 Å². The van der Waals surface area contributed by atoms with Gasteiger partial charge in [-0.3, -0.25) is 0 Å². The van der Waals surface area contributed by atoms with E-state index in [1.807, 2.05) is 36.4 Å². The van der Waals surface area contributed by atoms with Gasteiger partial charge in [-0.2, -0.15) is 0 Å². The second-order valence-corrected chi connectivity index (χ2v) is 6.58. The van der Waals surface area contributed by atoms with Crippen LogP contribution in [0.1, 0.15) is 28.3 Å². The van der Waals surface area contributed by atoms with E-state index in [-0.39, 0.29) is 6.04 Å². The van der Waals surface area contributed by atoms with Crippen LogP contribution in [0.4, 0.5) is 5.69 Å². The molecule has 25 heavy (non-hydrogen) atoms. The van der Waals surface area contributed by atoms with Gasteiger partial charge in [0.25, 0.3) is 0 Å². The standard InChI is InChI=1S/C22H22N2S/c1-16-13-14-20(17(2)15-16)21(18-9-5-3-6-10-18)24-22(25)23-19-11-7-4-8-12-19/h3-15,21H,1-2H3,(H2,23,24,25). The zero-order chi connectivity index (χ0) is 17.6. The van der Waals surface area contributed by atoms with Crippen LogP contribution in [0, 0.1) is 13.8 Å². The smallest absolute Gasteiger partial charge is 0.171 e. The van der Waals surface area contributed by atoms with Crippen LogP contribution >= 0.6 is 12.2 Å². The summed E-state index contributed by atoms with van der Waals surface area (Å²) >= 11 is 5.56. The summed E-state index contributed by atoms with van der Waals surface area (Å²) in [5.74, 6) is 0. The van der Waals surface area contributed by atoms with Gasteiger partial charge in [0.1, 0.15) is 0 Å². The molecule has 0 saturated carbocycles. The highest BCUT2D eigenvalue weighted by molar-refractivity contribution is 7.80. The summed E-state index contributed by atoms with van der Waals surface area (Å²) in [4.78, 5) is 0. The van der Waals surface area contributed by atoms with Gasteiger partial charge in [0, 0.05) is 5.69 Å². The van der Waals surface area contributed by atoms with Crippen LogP contribution in [0.3, 0.4) is 0 Å². The van der Waals surface area contributed by atoms with Crippen LogP contribution < -0.4 is 10.6 Å². The largest absolute Gasteiger partial charge is 0.352 e. The van der Waals surface area contributed by atoms with Crippen molar-refractivity contribution in [3.8, 4) is 0 Å². The van der Waals surface area contributed by atoms with Crippen molar-refractivity contribution in [2.24, 2.45) is 0 Å². The predicted molar refractivity (Wildman–Crippen MR) is 110 cm³/mol. The molecule has 0 spiro atoms. The quantitative estimate of drug-likeness (QED) is 0.620. The highest BCUT2D eigenvalue weighted by Crippen LogP contribution is 2.26. The number of nitrogens with one attached hydrogen (secondary N) is 2. The molecule has 0 aliphatic rings. The molecule has 0 bridgehead atoms. The van der Waals surface area contributed by atoms with Crippen molar-refractivity contribution in [1.82, 2.24) is 5.32 Å². The Kier molecular flexibility index (Phi) is 5.46. The Morgan fingerprint density at radius 1 is 0.840 bits per heavy atom. The van der Waals surface area contributed by atoms with Crippen molar-refractivity contribution < 1.29 is 0 Å². The van der Waals surface area contributed by atoms with Gasteiger partial charge >= 0.3 is 0 Å². The number of hydrogen-bond acceptors (Lipinski definition) is 1. The monoisotopic (exact) mass is 346 g/mol. The predicted octanol–water partition coefficient (Wildman–Crippen LogP) is 5.38. The number of benzene rings is 3. The molecular weight excluding hydrogens is 324 g/mol. The van der Waals surface area contributed by atoms with Crippen molar-refractivity contribution in [1.29, 1.82) is 0 Å². The summed E-state index contributed by atoms with van der Waals surface area (Å²) in [6.45, 7) is 4.26. The van der Waals surface area contributed by atoms with E-state index in [4.69, 9.17) is 12.2 Å². The molecule has 3 aromatic rings. The summed E-state index contributed by atoms with van der Waals surface area (Å²) in [6, 6.07) is 26.9. The highest BCUT2D eigenvalue weighted by Gasteiger charge is 2.17. The zero-order valence-corrected chi connectivity index (χ0v) is 15.3. The fourth-order valence-electron chi connectivity index (χ4n) is 2.96. The van der Waals surface area contributed by atoms with E-state index in [9.17, 15) is 0 Å². The second-order valence-electron chi connectivity index (χ2n) is 6.17. The molecule has 3 heteroatoms. The average Bonchev–Trinajstić information content (AvgIpc) is 2.62. The molecule has 0 radical (unpaired) electrons. The zero-order valence-electron chi connectivity index (χ0n) is 14.5. The fraction of sp³-hybridized carbons (Fsp3) is 0.136. The Hall–Kier alpha value is -2.65. The molecule has 0 aliphatic carbocycles. The molecule has 2 nitrogen and oxygen atoms in total. The van der Waals surface area contributed by atoms with E-state index in [1.165, 1.54) is 22.3 Å². The number of rotatable bonds is 4. The van der Waals surface area contributed by atoms with E-state index < -0.39 is 0 Å². The minimum Gasteiger partial charge on any atom is -0.352 e. The Labute approximate surface area is 154 Å². The number of anilines is 1. The van der Waals surface area contributed by atoms with Crippen molar-refractivity contribution in [3.05, 3.63) is 101 Å². The summed E-state index contributed by atoms with van der Waals surface area (Å²) in [5.41, 5.74) is 5.91. The maximum absolute atomic E-state index is 5.56. The van der Waals surface area contributed by atoms with Gasteiger partial charge in [0.05, 0.1) is 6.04 Å². The third-order valence-electron chi connectivity index (χ3n) is 4.18. The van der Waals surface area contributed by atoms with Crippen LogP contribution in [-0.4, -0.2) is 5.11 Å². The van der Waals surface area contributed by atoms with Crippen LogP contribution in [0.2, 0.25) is 0 Å². The van der Waals surface area contributed by atoms with Gasteiger partial charge < -0.3 is 10.6 Å². The van der Waals surface area contributed by atoms with Crippen LogP contribution in [0.15, 0.2) is 78.9 Å². The number of thiocarbonyl (C=S) groups is 1. The lowest BCUT2D eigenvalue weighted by molar-refractivity contribution is 0.762. The lowest BCUT2D eigenvalue weighted by atomic mass is 9.94. The number of para-hydroxylation sites is 1. The Morgan fingerprint density at radius 3 is 2.12 bits per heavy atom. The maximum atomic E-state index is 5.56. The van der Waals surface area contributed by atoms with Gasteiger partial charge in [0.15, 0.2) is 5.11 Å². The maximum Gasteiger partial charge on any atom is 0.171 e. The molecular formula is C22H22N2S. The van der Waals surface area contributed by atoms with Crippen LogP contribution in [0.5, 0.6) is 0 Å². The van der Waals surface area contributed by atoms with E-state index in [0.29, 0.717) is 5.11 Å². The van der Waals surface area contributed by atoms with E-state index in [2.05, 4.69) is 66.9 Å².